The van der Waals surface area contributed by atoms with Crippen molar-refractivity contribution in [2.75, 3.05) is 31.6 Å². The molecule has 0 saturated carbocycles. The van der Waals surface area contributed by atoms with Crippen LogP contribution in [0.2, 0.25) is 0 Å². The Morgan fingerprint density at radius 1 is 0.962 bits per heavy atom. The molecule has 3 rings (SSSR count). The molecule has 3 aromatic rings. The summed E-state index contributed by atoms with van der Waals surface area (Å²) in [7, 11) is 0. The van der Waals surface area contributed by atoms with E-state index < -0.39 is 6.10 Å². The minimum Gasteiger partial charge on any atom is -0.491 e. The van der Waals surface area contributed by atoms with Gasteiger partial charge in [-0.2, -0.15) is 0 Å². The fourth-order valence-corrected chi connectivity index (χ4v) is 2.56. The summed E-state index contributed by atoms with van der Waals surface area (Å²) >= 11 is 0. The zero-order valence-corrected chi connectivity index (χ0v) is 14.9. The van der Waals surface area contributed by atoms with E-state index in [0.29, 0.717) is 19.6 Å². The summed E-state index contributed by atoms with van der Waals surface area (Å²) in [6, 6.07) is 17.3. The highest BCUT2D eigenvalue weighted by atomic mass is 16.5. The first kappa shape index (κ1) is 18.1. The molecule has 0 aliphatic carbocycles. The Kier molecular flexibility index (Phi) is 6.35. The van der Waals surface area contributed by atoms with Gasteiger partial charge in [-0.3, -0.25) is 0 Å². The number of anilines is 1. The molecule has 6 heteroatoms. The summed E-state index contributed by atoms with van der Waals surface area (Å²) in [6.07, 6.45) is -0.558. The Morgan fingerprint density at radius 2 is 1.65 bits per heavy atom. The van der Waals surface area contributed by atoms with Crippen LogP contribution in [-0.4, -0.2) is 47.4 Å². The molecule has 136 valence electrons. The topological polar surface area (TPSA) is 79.3 Å². The third-order valence-electron chi connectivity index (χ3n) is 3.90. The van der Waals surface area contributed by atoms with Crippen LogP contribution >= 0.6 is 0 Å². The van der Waals surface area contributed by atoms with Gasteiger partial charge in [-0.05, 0) is 31.2 Å². The van der Waals surface area contributed by atoms with Gasteiger partial charge in [0.1, 0.15) is 24.3 Å². The lowest BCUT2D eigenvalue weighted by molar-refractivity contribution is 0.107. The molecule has 0 fully saturated rings. The molecule has 0 aliphatic rings. The van der Waals surface area contributed by atoms with Crippen LogP contribution in [0, 0.1) is 6.92 Å². The number of hydrogen-bond donors (Lipinski definition) is 3. The summed E-state index contributed by atoms with van der Waals surface area (Å²) in [6.45, 7) is 4.08. The third-order valence-corrected chi connectivity index (χ3v) is 3.90. The van der Waals surface area contributed by atoms with E-state index in [2.05, 4.69) is 20.6 Å². The summed E-state index contributed by atoms with van der Waals surface area (Å²) < 4.78 is 5.53. The van der Waals surface area contributed by atoms with E-state index in [-0.39, 0.29) is 6.61 Å². The highest BCUT2D eigenvalue weighted by Gasteiger charge is 2.06. The summed E-state index contributed by atoms with van der Waals surface area (Å²) in [5.74, 6) is 1.55. The van der Waals surface area contributed by atoms with Gasteiger partial charge in [0.15, 0.2) is 0 Å². The maximum atomic E-state index is 9.96. The number of aliphatic hydroxyl groups excluding tert-OH is 1. The number of aromatic nitrogens is 2. The Labute approximate surface area is 153 Å². The summed E-state index contributed by atoms with van der Waals surface area (Å²) in [4.78, 5) is 9.15. The third kappa shape index (κ3) is 5.15. The van der Waals surface area contributed by atoms with Crippen molar-refractivity contribution in [2.24, 2.45) is 0 Å². The maximum Gasteiger partial charge on any atom is 0.148 e. The number of nitrogens with zero attached hydrogens (tertiary/aromatic N) is 2. The molecule has 0 spiro atoms. The molecule has 0 bridgehead atoms. The summed E-state index contributed by atoms with van der Waals surface area (Å²) in [5.41, 5.74) is 2.65. The second kappa shape index (κ2) is 9.12. The molecule has 1 unspecified atom stereocenters. The van der Waals surface area contributed by atoms with E-state index in [0.717, 1.165) is 28.3 Å². The van der Waals surface area contributed by atoms with Crippen molar-refractivity contribution in [3.05, 3.63) is 60.3 Å². The maximum absolute atomic E-state index is 9.96. The lowest BCUT2D eigenvalue weighted by Crippen LogP contribution is -2.34. The van der Waals surface area contributed by atoms with Crippen molar-refractivity contribution in [3.63, 3.8) is 0 Å². The van der Waals surface area contributed by atoms with Crippen LogP contribution in [0.15, 0.2) is 54.6 Å². The predicted octanol–water partition coefficient (Wildman–Crippen LogP) is 2.38. The van der Waals surface area contributed by atoms with E-state index in [1.54, 1.807) is 0 Å². The van der Waals surface area contributed by atoms with Crippen LogP contribution in [0.3, 0.4) is 0 Å². The number of nitrogens with one attached hydrogen (secondary N) is 2. The molecule has 1 atom stereocenters. The van der Waals surface area contributed by atoms with E-state index >= 15 is 0 Å². The molecule has 0 radical (unpaired) electrons. The quantitative estimate of drug-likeness (QED) is 0.513. The Balaban J connectivity index is 1.37. The summed E-state index contributed by atoms with van der Waals surface area (Å²) in [5, 5.41) is 16.5. The molecular formula is C20H24N4O2. The second-order valence-corrected chi connectivity index (χ2v) is 6.06. The van der Waals surface area contributed by atoms with Crippen LogP contribution in [0.25, 0.3) is 11.0 Å². The van der Waals surface area contributed by atoms with Gasteiger partial charge in [-0.15, -0.1) is 0 Å². The smallest absolute Gasteiger partial charge is 0.148 e. The van der Waals surface area contributed by atoms with E-state index in [1.165, 1.54) is 0 Å². The molecule has 26 heavy (non-hydrogen) atoms. The van der Waals surface area contributed by atoms with E-state index in [9.17, 15) is 5.11 Å². The number of rotatable bonds is 9. The highest BCUT2D eigenvalue weighted by Crippen LogP contribution is 2.15. The van der Waals surface area contributed by atoms with Crippen molar-refractivity contribution in [1.82, 2.24) is 15.3 Å². The number of fused-ring (bicyclic) bond motifs is 1. The first-order valence-corrected chi connectivity index (χ1v) is 8.76. The van der Waals surface area contributed by atoms with Gasteiger partial charge in [0.2, 0.25) is 0 Å². The first-order valence-electron chi connectivity index (χ1n) is 8.76. The zero-order valence-electron chi connectivity index (χ0n) is 14.9. The molecular weight excluding hydrogens is 328 g/mol. The predicted molar refractivity (Wildman–Crippen MR) is 104 cm³/mol. The van der Waals surface area contributed by atoms with E-state index in [1.807, 2.05) is 61.5 Å². The van der Waals surface area contributed by atoms with Crippen molar-refractivity contribution in [2.45, 2.75) is 13.0 Å². The Morgan fingerprint density at radius 3 is 2.42 bits per heavy atom. The lowest BCUT2D eigenvalue weighted by Gasteiger charge is -2.14. The number of para-hydroxylation sites is 3. The monoisotopic (exact) mass is 352 g/mol. The van der Waals surface area contributed by atoms with Gasteiger partial charge in [-0.25, -0.2) is 9.97 Å². The number of aryl methyl sites for hydroxylation is 1. The normalized spacial score (nSPS) is 12.1. The number of ether oxygens (including phenoxy) is 1. The zero-order chi connectivity index (χ0) is 18.2. The molecule has 2 aromatic carbocycles. The van der Waals surface area contributed by atoms with Crippen molar-refractivity contribution >= 4 is 16.9 Å². The molecule has 0 amide bonds. The fourth-order valence-electron chi connectivity index (χ4n) is 2.56. The van der Waals surface area contributed by atoms with E-state index in [4.69, 9.17) is 4.74 Å². The van der Waals surface area contributed by atoms with Gasteiger partial charge in [0.05, 0.1) is 16.7 Å². The molecule has 6 nitrogen and oxygen atoms in total. The Hall–Kier alpha value is -2.70. The number of aliphatic hydroxyl groups is 1. The lowest BCUT2D eigenvalue weighted by atomic mass is 10.3. The average molecular weight is 352 g/mol. The van der Waals surface area contributed by atoms with Gasteiger partial charge in [0, 0.05) is 19.6 Å². The SMILES string of the molecule is Cc1nc2ccccc2nc1NCCNCC(O)COc1ccccc1. The first-order chi connectivity index (χ1) is 12.7. The fraction of sp³-hybridized carbons (Fsp3) is 0.300. The van der Waals surface area contributed by atoms with Crippen molar-refractivity contribution in [1.29, 1.82) is 0 Å². The van der Waals surface area contributed by atoms with Crippen molar-refractivity contribution in [3.8, 4) is 5.75 Å². The minimum absolute atomic E-state index is 0.264. The van der Waals surface area contributed by atoms with Crippen LogP contribution in [0.5, 0.6) is 5.75 Å². The van der Waals surface area contributed by atoms with Crippen LogP contribution in [-0.2, 0) is 0 Å². The van der Waals surface area contributed by atoms with Gasteiger partial charge < -0.3 is 20.5 Å². The van der Waals surface area contributed by atoms with Crippen LogP contribution in [0.1, 0.15) is 5.69 Å². The van der Waals surface area contributed by atoms with Gasteiger partial charge in [0.25, 0.3) is 0 Å². The molecule has 3 N–H and O–H groups in total. The standard InChI is InChI=1S/C20H24N4O2/c1-15-20(24-19-10-6-5-9-18(19)23-15)22-12-11-21-13-16(25)14-26-17-7-3-2-4-8-17/h2-10,16,21,25H,11-14H2,1H3,(H,22,24). The average Bonchev–Trinajstić information content (AvgIpc) is 2.67. The molecule has 1 heterocycles. The largest absolute Gasteiger partial charge is 0.491 e. The molecule has 0 aliphatic heterocycles. The Bertz CT molecular complexity index is 826. The van der Waals surface area contributed by atoms with Crippen LogP contribution < -0.4 is 15.4 Å². The van der Waals surface area contributed by atoms with Crippen molar-refractivity contribution < 1.29 is 9.84 Å². The molecule has 0 saturated heterocycles. The van der Waals surface area contributed by atoms with Gasteiger partial charge in [-0.1, -0.05) is 30.3 Å². The molecule has 1 aromatic heterocycles. The minimum atomic E-state index is -0.558. The van der Waals surface area contributed by atoms with Gasteiger partial charge >= 0.3 is 0 Å². The number of hydrogen-bond acceptors (Lipinski definition) is 6. The number of benzene rings is 2. The second-order valence-electron chi connectivity index (χ2n) is 6.06. The highest BCUT2D eigenvalue weighted by molar-refractivity contribution is 5.76. The van der Waals surface area contributed by atoms with Crippen LogP contribution in [0.4, 0.5) is 5.82 Å².